The minimum absolute atomic E-state index is 0.0347. The maximum atomic E-state index is 12.9. The number of ether oxygens (including phenoxy) is 1. The molecule has 31 heavy (non-hydrogen) atoms. The predicted molar refractivity (Wildman–Crippen MR) is 115 cm³/mol. The molecule has 3 aromatic carbocycles. The summed E-state index contributed by atoms with van der Waals surface area (Å²) in [6.07, 6.45) is 0. The summed E-state index contributed by atoms with van der Waals surface area (Å²) >= 11 is 6.35. The van der Waals surface area contributed by atoms with Crippen molar-refractivity contribution in [2.24, 2.45) is 0 Å². The first-order chi connectivity index (χ1) is 14.9. The van der Waals surface area contributed by atoms with E-state index in [0.29, 0.717) is 11.3 Å². The molecule has 0 saturated carbocycles. The van der Waals surface area contributed by atoms with Crippen molar-refractivity contribution in [2.45, 2.75) is 0 Å². The number of rotatable bonds is 4. The Morgan fingerprint density at radius 2 is 1.45 bits per heavy atom. The number of amides is 1. The van der Waals surface area contributed by atoms with Gasteiger partial charge >= 0.3 is 5.97 Å². The first-order valence-corrected chi connectivity index (χ1v) is 9.77. The molecule has 0 fully saturated rings. The third kappa shape index (κ3) is 3.62. The second kappa shape index (κ2) is 8.16. The van der Waals surface area contributed by atoms with Gasteiger partial charge in [-0.15, -0.1) is 0 Å². The molecule has 6 nitrogen and oxygen atoms in total. The van der Waals surface area contributed by atoms with Crippen LogP contribution in [0.1, 0.15) is 42.2 Å². The lowest BCUT2D eigenvalue weighted by atomic mass is 9.83. The van der Waals surface area contributed by atoms with Crippen LogP contribution in [0.15, 0.2) is 66.7 Å². The first kappa shape index (κ1) is 20.5. The fraction of sp³-hybridized carbons (Fsp3) is 0.0833. The summed E-state index contributed by atoms with van der Waals surface area (Å²) in [6.45, 7) is -0.507. The number of carbonyl (C=O) groups is 4. The van der Waals surface area contributed by atoms with Gasteiger partial charge in [0, 0.05) is 29.4 Å². The van der Waals surface area contributed by atoms with E-state index in [2.05, 4.69) is 0 Å². The fourth-order valence-electron chi connectivity index (χ4n) is 3.40. The molecule has 0 aromatic heterocycles. The van der Waals surface area contributed by atoms with Gasteiger partial charge in [-0.05, 0) is 24.3 Å². The number of anilines is 1. The van der Waals surface area contributed by atoms with Gasteiger partial charge in [0.1, 0.15) is 0 Å². The van der Waals surface area contributed by atoms with Crippen LogP contribution in [0.3, 0.4) is 0 Å². The summed E-state index contributed by atoms with van der Waals surface area (Å²) in [6, 6.07) is 18.0. The zero-order valence-corrected chi connectivity index (χ0v) is 17.2. The highest BCUT2D eigenvalue weighted by molar-refractivity contribution is 6.41. The maximum absolute atomic E-state index is 12.9. The molecular formula is C24H16ClNO5. The molecule has 4 rings (SSSR count). The molecule has 154 valence electrons. The van der Waals surface area contributed by atoms with Crippen LogP contribution < -0.4 is 4.90 Å². The van der Waals surface area contributed by atoms with Crippen LogP contribution in [0.2, 0.25) is 5.02 Å². The van der Waals surface area contributed by atoms with Crippen LogP contribution in [0.4, 0.5) is 5.69 Å². The van der Waals surface area contributed by atoms with E-state index in [9.17, 15) is 19.2 Å². The molecule has 1 aliphatic rings. The standard InChI is InChI=1S/C24H16ClNO5/c1-26(14-7-3-2-4-8-14)19(27)13-31-24(30)18-12-11-17-20(21(18)25)23(29)16-10-6-5-9-15(16)22(17)28/h2-12H,13H2,1H3. The number of nitrogens with zero attached hydrogens (tertiary/aromatic N) is 1. The van der Waals surface area contributed by atoms with E-state index in [1.165, 1.54) is 23.1 Å². The lowest BCUT2D eigenvalue weighted by molar-refractivity contribution is -0.121. The number of hydrogen-bond acceptors (Lipinski definition) is 5. The Morgan fingerprint density at radius 3 is 2.13 bits per heavy atom. The number of para-hydroxylation sites is 1. The Bertz CT molecular complexity index is 1240. The normalized spacial score (nSPS) is 12.1. The second-order valence-electron chi connectivity index (χ2n) is 6.92. The predicted octanol–water partition coefficient (Wildman–Crippen LogP) is 3.94. The highest BCUT2D eigenvalue weighted by atomic mass is 35.5. The van der Waals surface area contributed by atoms with Crippen molar-refractivity contribution in [1.82, 2.24) is 0 Å². The van der Waals surface area contributed by atoms with Crippen molar-refractivity contribution in [2.75, 3.05) is 18.6 Å². The molecule has 0 radical (unpaired) electrons. The number of benzene rings is 3. The van der Waals surface area contributed by atoms with Crippen molar-refractivity contribution in [1.29, 1.82) is 0 Å². The average molecular weight is 434 g/mol. The molecule has 1 amide bonds. The largest absolute Gasteiger partial charge is 0.452 e. The molecule has 7 heteroatoms. The summed E-state index contributed by atoms with van der Waals surface area (Å²) in [5.74, 6) is -2.08. The topological polar surface area (TPSA) is 80.8 Å². The Balaban J connectivity index is 1.56. The first-order valence-electron chi connectivity index (χ1n) is 9.39. The molecule has 0 unspecified atom stereocenters. The van der Waals surface area contributed by atoms with Gasteiger partial charge in [0.15, 0.2) is 18.2 Å². The fourth-order valence-corrected chi connectivity index (χ4v) is 3.73. The zero-order chi connectivity index (χ0) is 22.1. The minimum Gasteiger partial charge on any atom is -0.452 e. The number of esters is 1. The van der Waals surface area contributed by atoms with Gasteiger partial charge < -0.3 is 9.64 Å². The van der Waals surface area contributed by atoms with Crippen LogP contribution in [0.25, 0.3) is 0 Å². The van der Waals surface area contributed by atoms with E-state index in [-0.39, 0.29) is 33.1 Å². The smallest absolute Gasteiger partial charge is 0.340 e. The van der Waals surface area contributed by atoms with Crippen LogP contribution in [0, 0.1) is 0 Å². The van der Waals surface area contributed by atoms with Gasteiger partial charge in [-0.1, -0.05) is 54.1 Å². The van der Waals surface area contributed by atoms with Crippen molar-refractivity contribution < 1.29 is 23.9 Å². The average Bonchev–Trinajstić information content (AvgIpc) is 2.80. The van der Waals surface area contributed by atoms with Gasteiger partial charge in [-0.25, -0.2) is 4.79 Å². The molecule has 0 spiro atoms. The van der Waals surface area contributed by atoms with E-state index in [1.807, 2.05) is 6.07 Å². The van der Waals surface area contributed by atoms with E-state index in [0.717, 1.165) is 0 Å². The van der Waals surface area contributed by atoms with Crippen LogP contribution in [-0.2, 0) is 9.53 Å². The highest BCUT2D eigenvalue weighted by Crippen LogP contribution is 2.34. The molecule has 3 aromatic rings. The number of likely N-dealkylation sites (N-methyl/N-ethyl adjacent to an activating group) is 1. The molecule has 0 atom stereocenters. The monoisotopic (exact) mass is 433 g/mol. The quantitative estimate of drug-likeness (QED) is 0.455. The Morgan fingerprint density at radius 1 is 0.839 bits per heavy atom. The Kier molecular flexibility index (Phi) is 5.40. The van der Waals surface area contributed by atoms with Gasteiger partial charge in [-0.3, -0.25) is 14.4 Å². The van der Waals surface area contributed by atoms with Crippen molar-refractivity contribution in [3.8, 4) is 0 Å². The van der Waals surface area contributed by atoms with E-state index in [4.69, 9.17) is 16.3 Å². The van der Waals surface area contributed by atoms with Gasteiger partial charge in [0.25, 0.3) is 5.91 Å². The molecule has 0 heterocycles. The van der Waals surface area contributed by atoms with Gasteiger partial charge in [0.05, 0.1) is 16.1 Å². The molecule has 1 aliphatic carbocycles. The van der Waals surface area contributed by atoms with E-state index >= 15 is 0 Å². The number of fused-ring (bicyclic) bond motifs is 2. The summed E-state index contributed by atoms with van der Waals surface area (Å²) in [7, 11) is 1.57. The SMILES string of the molecule is CN(C(=O)COC(=O)c1ccc2c(c1Cl)C(=O)c1ccccc1C2=O)c1ccccc1. The third-order valence-electron chi connectivity index (χ3n) is 5.09. The lowest BCUT2D eigenvalue weighted by Gasteiger charge is -2.20. The van der Waals surface area contributed by atoms with Crippen molar-refractivity contribution in [3.63, 3.8) is 0 Å². The number of carbonyl (C=O) groups excluding carboxylic acids is 4. The van der Waals surface area contributed by atoms with Crippen molar-refractivity contribution in [3.05, 3.63) is 99.6 Å². The maximum Gasteiger partial charge on any atom is 0.340 e. The molecular weight excluding hydrogens is 418 g/mol. The summed E-state index contributed by atoms with van der Waals surface area (Å²) in [5, 5.41) is -0.167. The lowest BCUT2D eigenvalue weighted by Crippen LogP contribution is -2.31. The Labute approximate surface area is 183 Å². The van der Waals surface area contributed by atoms with Crippen LogP contribution >= 0.6 is 11.6 Å². The number of hydrogen-bond donors (Lipinski definition) is 0. The molecule has 0 bridgehead atoms. The number of ketones is 2. The second-order valence-corrected chi connectivity index (χ2v) is 7.30. The third-order valence-corrected chi connectivity index (χ3v) is 5.49. The zero-order valence-electron chi connectivity index (χ0n) is 16.4. The summed E-state index contributed by atoms with van der Waals surface area (Å²) in [5.41, 5.74) is 1.18. The van der Waals surface area contributed by atoms with E-state index in [1.54, 1.807) is 49.5 Å². The number of halogens is 1. The molecule has 0 saturated heterocycles. The summed E-state index contributed by atoms with van der Waals surface area (Å²) in [4.78, 5) is 51.9. The van der Waals surface area contributed by atoms with E-state index < -0.39 is 24.3 Å². The molecule has 0 aliphatic heterocycles. The van der Waals surface area contributed by atoms with Crippen LogP contribution in [-0.4, -0.2) is 37.1 Å². The highest BCUT2D eigenvalue weighted by Gasteiger charge is 2.33. The van der Waals surface area contributed by atoms with Crippen LogP contribution in [0.5, 0.6) is 0 Å². The van der Waals surface area contributed by atoms with Crippen molar-refractivity contribution >= 4 is 40.7 Å². The summed E-state index contributed by atoms with van der Waals surface area (Å²) < 4.78 is 5.13. The minimum atomic E-state index is -0.860. The Hall–Kier alpha value is -3.77. The van der Waals surface area contributed by atoms with Gasteiger partial charge in [-0.2, -0.15) is 0 Å². The molecule has 0 N–H and O–H groups in total. The van der Waals surface area contributed by atoms with Gasteiger partial charge in [0.2, 0.25) is 0 Å².